The van der Waals surface area contributed by atoms with Crippen molar-refractivity contribution >= 4 is 18.5 Å². The number of carbonyl (C=O) groups excluding carboxylic acids is 1. The second-order valence-electron chi connectivity index (χ2n) is 5.75. The third kappa shape index (κ3) is 3.28. The van der Waals surface area contributed by atoms with Gasteiger partial charge in [-0.1, -0.05) is 6.08 Å². The van der Waals surface area contributed by atoms with Gasteiger partial charge in [0.1, 0.15) is 5.60 Å². The van der Waals surface area contributed by atoms with E-state index in [0.29, 0.717) is 11.8 Å². The summed E-state index contributed by atoms with van der Waals surface area (Å²) >= 11 is 0. The van der Waals surface area contributed by atoms with Crippen molar-refractivity contribution in [2.24, 2.45) is 17.6 Å². The molecule has 2 atom stereocenters. The summed E-state index contributed by atoms with van der Waals surface area (Å²) in [6.07, 6.45) is 2.81. The molecule has 0 saturated carbocycles. The highest BCUT2D eigenvalue weighted by Gasteiger charge is 2.38. The number of likely N-dealkylation sites (tertiary alicyclic amines) is 1. The number of nitrogens with zero attached hydrogens (tertiary/aromatic N) is 1. The average molecular weight is 261 g/mol. The lowest BCUT2D eigenvalue weighted by molar-refractivity contribution is 0.0285. The van der Waals surface area contributed by atoms with E-state index in [4.69, 9.17) is 10.5 Å². The Labute approximate surface area is 109 Å². The number of rotatable bonds is 0. The van der Waals surface area contributed by atoms with Gasteiger partial charge in [-0.25, -0.2) is 4.79 Å². The predicted octanol–water partition coefficient (Wildman–Crippen LogP) is 2.14. The monoisotopic (exact) mass is 260 g/mol. The Morgan fingerprint density at radius 3 is 2.65 bits per heavy atom. The van der Waals surface area contributed by atoms with Crippen LogP contribution in [0.15, 0.2) is 11.8 Å². The summed E-state index contributed by atoms with van der Waals surface area (Å²) in [5.74, 6) is 0.944. The van der Waals surface area contributed by atoms with E-state index in [1.54, 1.807) is 4.90 Å². The summed E-state index contributed by atoms with van der Waals surface area (Å²) in [5.41, 5.74) is 6.33. The zero-order valence-corrected chi connectivity index (χ0v) is 11.4. The van der Waals surface area contributed by atoms with Crippen molar-refractivity contribution in [3.05, 3.63) is 11.8 Å². The van der Waals surface area contributed by atoms with E-state index in [0.717, 1.165) is 25.2 Å². The van der Waals surface area contributed by atoms with Crippen molar-refractivity contribution in [1.29, 1.82) is 0 Å². The number of ether oxygens (including phenoxy) is 1. The summed E-state index contributed by atoms with van der Waals surface area (Å²) < 4.78 is 5.35. The first-order valence-corrected chi connectivity index (χ1v) is 5.79. The molecule has 0 aromatic carbocycles. The molecule has 0 bridgehead atoms. The first kappa shape index (κ1) is 14.2. The van der Waals surface area contributed by atoms with Crippen LogP contribution in [-0.2, 0) is 4.74 Å². The molecule has 0 aromatic rings. The fourth-order valence-electron chi connectivity index (χ4n) is 2.42. The maximum absolute atomic E-state index is 11.8. The van der Waals surface area contributed by atoms with Crippen molar-refractivity contribution in [2.45, 2.75) is 32.8 Å². The Hall–Kier alpha value is -0.900. The molecule has 5 heteroatoms. The van der Waals surface area contributed by atoms with Crippen LogP contribution in [-0.4, -0.2) is 29.7 Å². The second-order valence-corrected chi connectivity index (χ2v) is 5.75. The maximum Gasteiger partial charge on any atom is 0.410 e. The van der Waals surface area contributed by atoms with Crippen molar-refractivity contribution in [2.75, 3.05) is 13.1 Å². The smallest absolute Gasteiger partial charge is 0.410 e. The van der Waals surface area contributed by atoms with E-state index in [9.17, 15) is 4.79 Å². The lowest BCUT2D eigenvalue weighted by atomic mass is 10.0. The highest BCUT2D eigenvalue weighted by molar-refractivity contribution is 5.85. The Kier molecular flexibility index (Phi) is 3.97. The molecule has 2 rings (SSSR count). The van der Waals surface area contributed by atoms with Crippen molar-refractivity contribution in [3.8, 4) is 0 Å². The number of hydrogen-bond acceptors (Lipinski definition) is 3. The fourth-order valence-corrected chi connectivity index (χ4v) is 2.42. The number of carbonyl (C=O) groups is 1. The van der Waals surface area contributed by atoms with Gasteiger partial charge in [0.05, 0.1) is 0 Å². The van der Waals surface area contributed by atoms with Crippen LogP contribution >= 0.6 is 12.4 Å². The predicted molar refractivity (Wildman–Crippen MR) is 68.9 cm³/mol. The van der Waals surface area contributed by atoms with E-state index < -0.39 is 5.60 Å². The zero-order valence-electron chi connectivity index (χ0n) is 10.6. The van der Waals surface area contributed by atoms with Gasteiger partial charge in [0.15, 0.2) is 0 Å². The van der Waals surface area contributed by atoms with Crippen LogP contribution in [0.4, 0.5) is 4.79 Å². The zero-order chi connectivity index (χ0) is 11.9. The molecular weight excluding hydrogens is 240 g/mol. The highest BCUT2D eigenvalue weighted by atomic mass is 35.5. The third-order valence-electron chi connectivity index (χ3n) is 3.07. The Morgan fingerprint density at radius 1 is 1.47 bits per heavy atom. The van der Waals surface area contributed by atoms with Crippen LogP contribution < -0.4 is 5.73 Å². The number of hydrogen-bond donors (Lipinski definition) is 1. The molecule has 98 valence electrons. The minimum absolute atomic E-state index is 0. The third-order valence-corrected chi connectivity index (χ3v) is 3.07. The number of nitrogens with two attached hydrogens (primary N) is 1. The first-order valence-electron chi connectivity index (χ1n) is 5.79. The summed E-state index contributed by atoms with van der Waals surface area (Å²) in [6, 6.07) is 0. The molecule has 0 aromatic heterocycles. The van der Waals surface area contributed by atoms with Gasteiger partial charge < -0.3 is 15.4 Å². The van der Waals surface area contributed by atoms with Gasteiger partial charge in [-0.3, -0.25) is 0 Å². The van der Waals surface area contributed by atoms with E-state index in [-0.39, 0.29) is 18.5 Å². The number of allylic oxidation sites excluding steroid dienone is 1. The van der Waals surface area contributed by atoms with Gasteiger partial charge in [0, 0.05) is 24.7 Å². The van der Waals surface area contributed by atoms with Crippen LogP contribution in [0.1, 0.15) is 27.2 Å². The Morgan fingerprint density at radius 2 is 2.12 bits per heavy atom. The molecular formula is C12H21ClN2O2. The SMILES string of the molecule is CC(C)(C)OC(=O)N1CC2C=C(N)CC2C1.Cl. The van der Waals surface area contributed by atoms with E-state index in [1.807, 2.05) is 20.8 Å². The molecule has 1 aliphatic heterocycles. The van der Waals surface area contributed by atoms with E-state index in [1.165, 1.54) is 0 Å². The average Bonchev–Trinajstić information content (AvgIpc) is 2.56. The van der Waals surface area contributed by atoms with Gasteiger partial charge >= 0.3 is 6.09 Å². The van der Waals surface area contributed by atoms with Crippen LogP contribution in [0.2, 0.25) is 0 Å². The molecule has 2 N–H and O–H groups in total. The van der Waals surface area contributed by atoms with Gasteiger partial charge in [-0.15, -0.1) is 12.4 Å². The number of amides is 1. The molecule has 4 nitrogen and oxygen atoms in total. The molecule has 2 unspecified atom stereocenters. The summed E-state index contributed by atoms with van der Waals surface area (Å²) in [5, 5.41) is 0. The molecule has 0 spiro atoms. The number of fused-ring (bicyclic) bond motifs is 1. The van der Waals surface area contributed by atoms with Crippen LogP contribution in [0, 0.1) is 11.8 Å². The van der Waals surface area contributed by atoms with Crippen LogP contribution in [0.3, 0.4) is 0 Å². The first-order chi connectivity index (χ1) is 7.35. The fraction of sp³-hybridized carbons (Fsp3) is 0.750. The second kappa shape index (κ2) is 4.77. The molecule has 1 aliphatic carbocycles. The quantitative estimate of drug-likeness (QED) is 0.726. The van der Waals surface area contributed by atoms with E-state index >= 15 is 0 Å². The van der Waals surface area contributed by atoms with Gasteiger partial charge in [0.25, 0.3) is 0 Å². The molecule has 0 radical (unpaired) electrons. The lowest BCUT2D eigenvalue weighted by Gasteiger charge is -2.24. The van der Waals surface area contributed by atoms with Crippen molar-refractivity contribution in [1.82, 2.24) is 4.90 Å². The Balaban J connectivity index is 0.00000144. The molecule has 1 amide bonds. The molecule has 2 aliphatic rings. The summed E-state index contributed by atoms with van der Waals surface area (Å²) in [7, 11) is 0. The van der Waals surface area contributed by atoms with Crippen LogP contribution in [0.5, 0.6) is 0 Å². The van der Waals surface area contributed by atoms with Gasteiger partial charge in [-0.2, -0.15) is 0 Å². The normalized spacial score (nSPS) is 27.2. The lowest BCUT2D eigenvalue weighted by Crippen LogP contribution is -2.35. The minimum atomic E-state index is -0.413. The molecule has 1 saturated heterocycles. The van der Waals surface area contributed by atoms with Crippen LogP contribution in [0.25, 0.3) is 0 Å². The summed E-state index contributed by atoms with van der Waals surface area (Å²) in [4.78, 5) is 13.6. The minimum Gasteiger partial charge on any atom is -0.444 e. The largest absolute Gasteiger partial charge is 0.444 e. The van der Waals surface area contributed by atoms with Gasteiger partial charge in [-0.05, 0) is 33.1 Å². The number of halogens is 1. The Bertz CT molecular complexity index is 336. The van der Waals surface area contributed by atoms with Crippen molar-refractivity contribution < 1.29 is 9.53 Å². The molecule has 17 heavy (non-hydrogen) atoms. The van der Waals surface area contributed by atoms with E-state index in [2.05, 4.69) is 6.08 Å². The molecule has 1 heterocycles. The highest BCUT2D eigenvalue weighted by Crippen LogP contribution is 2.35. The van der Waals surface area contributed by atoms with Crippen molar-refractivity contribution in [3.63, 3.8) is 0 Å². The molecule has 1 fully saturated rings. The maximum atomic E-state index is 11.8. The van der Waals surface area contributed by atoms with Gasteiger partial charge in [0.2, 0.25) is 0 Å². The summed E-state index contributed by atoms with van der Waals surface area (Å²) in [6.45, 7) is 7.19. The standard InChI is InChI=1S/C12H20N2O2.ClH/c1-12(2,3)16-11(15)14-6-8-4-10(13)5-9(8)7-14;/h4,8-9H,5-7,13H2,1-3H3;1H. The topological polar surface area (TPSA) is 55.6 Å².